The van der Waals surface area contributed by atoms with Crippen molar-refractivity contribution in [1.29, 1.82) is 0 Å². The average molecular weight is 341 g/mol. The van der Waals surface area contributed by atoms with E-state index in [9.17, 15) is 0 Å². The molecule has 1 fully saturated rings. The van der Waals surface area contributed by atoms with E-state index in [1.165, 1.54) is 11.4 Å². The van der Waals surface area contributed by atoms with Crippen molar-refractivity contribution in [2.45, 2.75) is 52.5 Å². The van der Waals surface area contributed by atoms with Gasteiger partial charge in [0.05, 0.1) is 5.69 Å². The van der Waals surface area contributed by atoms with E-state index in [0.717, 1.165) is 50.5 Å². The number of hydrogen-bond acceptors (Lipinski definition) is 3. The minimum absolute atomic E-state index is 0.0305. The smallest absolute Gasteiger partial charge is 0.114 e. The molecule has 4 heteroatoms. The first-order valence-electron chi connectivity index (χ1n) is 9.47. The molecule has 2 heterocycles. The second-order valence-electron chi connectivity index (χ2n) is 8.02. The zero-order valence-corrected chi connectivity index (χ0v) is 16.0. The van der Waals surface area contributed by atoms with Crippen LogP contribution in [0.25, 0.3) is 11.3 Å². The Labute approximate surface area is 151 Å². The van der Waals surface area contributed by atoms with Crippen LogP contribution in [0.15, 0.2) is 30.5 Å². The topological polar surface area (TPSA) is 39.1 Å². The largest absolute Gasteiger partial charge is 0.385 e. The van der Waals surface area contributed by atoms with Crippen molar-refractivity contribution in [3.63, 3.8) is 0 Å². The molecule has 1 aromatic carbocycles. The normalized spacial score (nSPS) is 16.2. The molecule has 136 valence electrons. The summed E-state index contributed by atoms with van der Waals surface area (Å²) in [5.41, 5.74) is 3.42. The lowest BCUT2D eigenvalue weighted by molar-refractivity contribution is 0.0608. The quantitative estimate of drug-likeness (QED) is 0.856. The number of hydrogen-bond donors (Lipinski definition) is 1. The number of anilines is 1. The highest BCUT2D eigenvalue weighted by molar-refractivity contribution is 5.65. The van der Waals surface area contributed by atoms with Gasteiger partial charge in [0, 0.05) is 49.2 Å². The molecule has 0 bridgehead atoms. The van der Waals surface area contributed by atoms with Crippen LogP contribution in [-0.2, 0) is 16.7 Å². The lowest BCUT2D eigenvalue weighted by Gasteiger charge is -2.25. The first-order chi connectivity index (χ1) is 12.0. The Balaban J connectivity index is 1.91. The molecule has 0 saturated carbocycles. The minimum atomic E-state index is 0.0305. The van der Waals surface area contributed by atoms with Gasteiger partial charge in [-0.05, 0) is 37.8 Å². The van der Waals surface area contributed by atoms with Crippen molar-refractivity contribution in [2.75, 3.05) is 25.1 Å². The third kappa shape index (κ3) is 4.43. The summed E-state index contributed by atoms with van der Waals surface area (Å²) < 4.78 is 7.89. The molecule has 1 aliphatic heterocycles. The minimum Gasteiger partial charge on any atom is -0.385 e. The summed E-state index contributed by atoms with van der Waals surface area (Å²) in [4.78, 5) is 5.02. The van der Waals surface area contributed by atoms with Crippen LogP contribution in [0, 0.1) is 5.92 Å². The van der Waals surface area contributed by atoms with Gasteiger partial charge >= 0.3 is 0 Å². The maximum Gasteiger partial charge on any atom is 0.114 e. The number of rotatable bonds is 5. The number of nitrogens with one attached hydrogen (secondary N) is 1. The molecule has 0 spiro atoms. The lowest BCUT2D eigenvalue weighted by Crippen LogP contribution is -2.24. The van der Waals surface area contributed by atoms with Crippen LogP contribution in [0.1, 0.15) is 46.4 Å². The third-order valence-corrected chi connectivity index (χ3v) is 4.78. The summed E-state index contributed by atoms with van der Waals surface area (Å²) >= 11 is 0. The maximum absolute atomic E-state index is 5.51. The molecule has 1 aliphatic rings. The van der Waals surface area contributed by atoms with Crippen molar-refractivity contribution >= 4 is 5.69 Å². The van der Waals surface area contributed by atoms with E-state index in [1.807, 2.05) is 0 Å². The number of imidazole rings is 1. The van der Waals surface area contributed by atoms with Crippen LogP contribution < -0.4 is 5.32 Å². The molecule has 4 nitrogen and oxygen atoms in total. The lowest BCUT2D eigenvalue weighted by atomic mass is 9.94. The fraction of sp³-hybridized carbons (Fsp3) is 0.571. The molecule has 25 heavy (non-hydrogen) atoms. The first-order valence-corrected chi connectivity index (χ1v) is 9.47. The van der Waals surface area contributed by atoms with E-state index in [2.05, 4.69) is 68.0 Å². The molecule has 3 rings (SSSR count). The molecule has 0 amide bonds. The van der Waals surface area contributed by atoms with Crippen LogP contribution in [0.3, 0.4) is 0 Å². The van der Waals surface area contributed by atoms with Gasteiger partial charge in [0.25, 0.3) is 0 Å². The summed E-state index contributed by atoms with van der Waals surface area (Å²) in [6, 6.07) is 8.55. The second kappa shape index (κ2) is 7.61. The number of aromatic nitrogens is 2. The van der Waals surface area contributed by atoms with Gasteiger partial charge in [-0.2, -0.15) is 0 Å². The van der Waals surface area contributed by atoms with E-state index in [4.69, 9.17) is 9.72 Å². The van der Waals surface area contributed by atoms with Gasteiger partial charge < -0.3 is 14.6 Å². The van der Waals surface area contributed by atoms with Crippen molar-refractivity contribution in [3.05, 3.63) is 36.3 Å². The van der Waals surface area contributed by atoms with Crippen LogP contribution in [0.5, 0.6) is 0 Å². The van der Waals surface area contributed by atoms with Gasteiger partial charge in [-0.25, -0.2) is 4.98 Å². The fourth-order valence-electron chi connectivity index (χ4n) is 3.49. The number of nitrogens with zero attached hydrogens (tertiary/aromatic N) is 2. The Bertz CT molecular complexity index is 693. The molecule has 0 unspecified atom stereocenters. The highest BCUT2D eigenvalue weighted by Gasteiger charge is 2.24. The Kier molecular flexibility index (Phi) is 5.48. The highest BCUT2D eigenvalue weighted by atomic mass is 16.5. The van der Waals surface area contributed by atoms with Crippen LogP contribution in [-0.4, -0.2) is 29.3 Å². The van der Waals surface area contributed by atoms with Crippen molar-refractivity contribution in [1.82, 2.24) is 9.55 Å². The average Bonchev–Trinajstić information content (AvgIpc) is 3.01. The standard InChI is InChI=1S/C21H31N3O/c1-5-22-18-8-6-7-17(13-18)19-15-24(20(23-19)21(2,3)4)14-16-9-11-25-12-10-16/h6-8,13,15-16,22H,5,9-12,14H2,1-4H3. The van der Waals surface area contributed by atoms with Gasteiger partial charge in [-0.3, -0.25) is 0 Å². The number of benzene rings is 1. The zero-order chi connectivity index (χ0) is 17.9. The Morgan fingerprint density at radius 2 is 2.00 bits per heavy atom. The van der Waals surface area contributed by atoms with E-state index >= 15 is 0 Å². The molecule has 2 aromatic rings. The molecule has 0 radical (unpaired) electrons. The van der Waals surface area contributed by atoms with E-state index < -0.39 is 0 Å². The van der Waals surface area contributed by atoms with Crippen LogP contribution in [0.4, 0.5) is 5.69 Å². The number of ether oxygens (including phenoxy) is 1. The predicted molar refractivity (Wildman–Crippen MR) is 104 cm³/mol. The second-order valence-corrected chi connectivity index (χ2v) is 8.02. The summed E-state index contributed by atoms with van der Waals surface area (Å²) in [6.07, 6.45) is 4.53. The van der Waals surface area contributed by atoms with Crippen molar-refractivity contribution in [2.24, 2.45) is 5.92 Å². The van der Waals surface area contributed by atoms with Gasteiger partial charge in [0.2, 0.25) is 0 Å². The molecule has 1 saturated heterocycles. The van der Waals surface area contributed by atoms with Gasteiger partial charge in [0.1, 0.15) is 5.82 Å². The summed E-state index contributed by atoms with van der Waals surface area (Å²) in [6.45, 7) is 12.6. The van der Waals surface area contributed by atoms with Gasteiger partial charge in [-0.1, -0.05) is 32.9 Å². The highest BCUT2D eigenvalue weighted by Crippen LogP contribution is 2.29. The third-order valence-electron chi connectivity index (χ3n) is 4.78. The maximum atomic E-state index is 5.51. The van der Waals surface area contributed by atoms with Crippen molar-refractivity contribution < 1.29 is 4.74 Å². The van der Waals surface area contributed by atoms with E-state index in [1.54, 1.807) is 0 Å². The summed E-state index contributed by atoms with van der Waals surface area (Å²) in [5, 5.41) is 3.39. The first kappa shape index (κ1) is 18.0. The fourth-order valence-corrected chi connectivity index (χ4v) is 3.49. The van der Waals surface area contributed by atoms with E-state index in [-0.39, 0.29) is 5.41 Å². The summed E-state index contributed by atoms with van der Waals surface area (Å²) in [5.74, 6) is 1.85. The van der Waals surface area contributed by atoms with Crippen LogP contribution in [0.2, 0.25) is 0 Å². The van der Waals surface area contributed by atoms with Crippen molar-refractivity contribution in [3.8, 4) is 11.3 Å². The van der Waals surface area contributed by atoms with Gasteiger partial charge in [0.15, 0.2) is 0 Å². The van der Waals surface area contributed by atoms with E-state index in [0.29, 0.717) is 5.92 Å². The Hall–Kier alpha value is -1.81. The molecule has 1 N–H and O–H groups in total. The molecular formula is C21H31N3O. The SMILES string of the molecule is CCNc1cccc(-c2cn(CC3CCOCC3)c(C(C)(C)C)n2)c1. The summed E-state index contributed by atoms with van der Waals surface area (Å²) in [7, 11) is 0. The predicted octanol–water partition coefficient (Wildman–Crippen LogP) is 4.71. The molecular weight excluding hydrogens is 310 g/mol. The Morgan fingerprint density at radius 1 is 1.24 bits per heavy atom. The Morgan fingerprint density at radius 3 is 2.68 bits per heavy atom. The van der Waals surface area contributed by atoms with Gasteiger partial charge in [-0.15, -0.1) is 0 Å². The van der Waals surface area contributed by atoms with Crippen LogP contribution >= 0.6 is 0 Å². The molecule has 0 aliphatic carbocycles. The monoisotopic (exact) mass is 341 g/mol. The molecule has 0 atom stereocenters. The zero-order valence-electron chi connectivity index (χ0n) is 16.0. The molecule has 1 aromatic heterocycles.